The number of anilines is 1. The molecule has 1 atom stereocenters. The minimum Gasteiger partial charge on any atom is -0.360 e. The highest BCUT2D eigenvalue weighted by Gasteiger charge is 2.28. The molecule has 0 spiro atoms. The van der Waals surface area contributed by atoms with Crippen LogP contribution < -0.4 is 4.90 Å². The van der Waals surface area contributed by atoms with Gasteiger partial charge in [0, 0.05) is 37.7 Å². The minimum atomic E-state index is -0.515. The lowest BCUT2D eigenvalue weighted by Gasteiger charge is -2.32. The molecule has 1 aliphatic rings. The first kappa shape index (κ1) is 17.7. The van der Waals surface area contributed by atoms with Crippen LogP contribution >= 0.6 is 11.6 Å². The van der Waals surface area contributed by atoms with Crippen LogP contribution in [0.25, 0.3) is 11.4 Å². The number of hydrogen-bond acceptors (Lipinski definition) is 4. The molecule has 0 radical (unpaired) electrons. The van der Waals surface area contributed by atoms with Crippen molar-refractivity contribution in [3.63, 3.8) is 0 Å². The van der Waals surface area contributed by atoms with Crippen molar-refractivity contribution in [1.29, 1.82) is 0 Å². The van der Waals surface area contributed by atoms with E-state index >= 15 is 0 Å². The Kier molecular flexibility index (Phi) is 5.23. The number of halogens is 1. The van der Waals surface area contributed by atoms with E-state index in [0.717, 1.165) is 41.4 Å². The van der Waals surface area contributed by atoms with Crippen LogP contribution in [-0.4, -0.2) is 46.3 Å². The van der Waals surface area contributed by atoms with Crippen molar-refractivity contribution in [2.45, 2.75) is 32.2 Å². The molecule has 1 amide bonds. The standard InChI is InChI=1S/C19H23ClN4O/c1-4-23(3)18-15-12-24(19(25)13(2)20)11-10-16(15)21-17(22-18)14-8-6-5-7-9-14/h5-9,13H,4,10-12H2,1-3H3. The van der Waals surface area contributed by atoms with E-state index in [1.807, 2.05) is 37.4 Å². The van der Waals surface area contributed by atoms with E-state index in [9.17, 15) is 4.79 Å². The zero-order chi connectivity index (χ0) is 18.0. The topological polar surface area (TPSA) is 49.3 Å². The second kappa shape index (κ2) is 7.40. The molecule has 6 heteroatoms. The van der Waals surface area contributed by atoms with E-state index in [1.54, 1.807) is 11.8 Å². The van der Waals surface area contributed by atoms with Crippen LogP contribution in [-0.2, 0) is 17.8 Å². The number of carbonyl (C=O) groups excluding carboxylic acids is 1. The van der Waals surface area contributed by atoms with Crippen LogP contribution in [0, 0.1) is 0 Å². The minimum absolute atomic E-state index is 0.0374. The second-order valence-corrected chi connectivity index (χ2v) is 6.96. The smallest absolute Gasteiger partial charge is 0.240 e. The summed E-state index contributed by atoms with van der Waals surface area (Å²) in [7, 11) is 2.02. The number of carbonyl (C=O) groups is 1. The van der Waals surface area contributed by atoms with Crippen LogP contribution in [0.5, 0.6) is 0 Å². The number of fused-ring (bicyclic) bond motifs is 1. The summed E-state index contributed by atoms with van der Waals surface area (Å²) < 4.78 is 0. The maximum absolute atomic E-state index is 12.3. The molecule has 5 nitrogen and oxygen atoms in total. The molecule has 1 aliphatic heterocycles. The number of rotatable bonds is 4. The number of benzene rings is 1. The van der Waals surface area contributed by atoms with Gasteiger partial charge in [0.05, 0.1) is 12.2 Å². The van der Waals surface area contributed by atoms with E-state index in [2.05, 4.69) is 11.8 Å². The molecule has 0 aliphatic carbocycles. The third-order valence-corrected chi connectivity index (χ3v) is 4.74. The zero-order valence-corrected chi connectivity index (χ0v) is 15.6. The Bertz CT molecular complexity index is 764. The number of amides is 1. The fraction of sp³-hybridized carbons (Fsp3) is 0.421. The predicted molar refractivity (Wildman–Crippen MR) is 101 cm³/mol. The fourth-order valence-electron chi connectivity index (χ4n) is 3.02. The van der Waals surface area contributed by atoms with E-state index in [4.69, 9.17) is 21.6 Å². The van der Waals surface area contributed by atoms with Gasteiger partial charge in [-0.15, -0.1) is 11.6 Å². The van der Waals surface area contributed by atoms with Gasteiger partial charge in [-0.1, -0.05) is 30.3 Å². The lowest BCUT2D eigenvalue weighted by molar-refractivity contribution is -0.131. The van der Waals surface area contributed by atoms with Crippen LogP contribution in [0.4, 0.5) is 5.82 Å². The molecule has 2 heterocycles. The average Bonchev–Trinajstić information content (AvgIpc) is 2.66. The second-order valence-electron chi connectivity index (χ2n) is 6.30. The lowest BCUT2D eigenvalue weighted by Crippen LogP contribution is -2.40. The molecule has 0 bridgehead atoms. The van der Waals surface area contributed by atoms with Gasteiger partial charge in [-0.3, -0.25) is 4.79 Å². The molecular formula is C19H23ClN4O. The molecule has 1 unspecified atom stereocenters. The van der Waals surface area contributed by atoms with E-state index in [-0.39, 0.29) is 5.91 Å². The zero-order valence-electron chi connectivity index (χ0n) is 14.9. The van der Waals surface area contributed by atoms with Crippen LogP contribution in [0.1, 0.15) is 25.1 Å². The maximum atomic E-state index is 12.3. The molecular weight excluding hydrogens is 336 g/mol. The van der Waals surface area contributed by atoms with Gasteiger partial charge < -0.3 is 9.80 Å². The van der Waals surface area contributed by atoms with Gasteiger partial charge in [-0.2, -0.15) is 0 Å². The van der Waals surface area contributed by atoms with Crippen LogP contribution in [0.3, 0.4) is 0 Å². The van der Waals surface area contributed by atoms with Gasteiger partial charge in [-0.05, 0) is 13.8 Å². The monoisotopic (exact) mass is 358 g/mol. The Morgan fingerprint density at radius 2 is 2.04 bits per heavy atom. The van der Waals surface area contributed by atoms with Gasteiger partial charge in [0.2, 0.25) is 5.91 Å². The molecule has 0 saturated carbocycles. The molecule has 132 valence electrons. The number of alkyl halides is 1. The highest BCUT2D eigenvalue weighted by atomic mass is 35.5. The molecule has 3 rings (SSSR count). The highest BCUT2D eigenvalue weighted by Crippen LogP contribution is 2.29. The first-order valence-electron chi connectivity index (χ1n) is 8.60. The largest absolute Gasteiger partial charge is 0.360 e. The van der Waals surface area contributed by atoms with Crippen molar-refractivity contribution in [3.05, 3.63) is 41.6 Å². The number of hydrogen-bond donors (Lipinski definition) is 0. The van der Waals surface area contributed by atoms with Gasteiger partial charge in [0.25, 0.3) is 0 Å². The lowest BCUT2D eigenvalue weighted by atomic mass is 10.0. The Morgan fingerprint density at radius 3 is 2.68 bits per heavy atom. The molecule has 1 aromatic heterocycles. The summed E-state index contributed by atoms with van der Waals surface area (Å²) in [6.45, 7) is 5.79. The first-order valence-corrected chi connectivity index (χ1v) is 9.04. The van der Waals surface area contributed by atoms with Gasteiger partial charge in [0.1, 0.15) is 11.2 Å². The molecule has 25 heavy (non-hydrogen) atoms. The van der Waals surface area contributed by atoms with E-state index < -0.39 is 5.38 Å². The molecule has 0 saturated heterocycles. The van der Waals surface area contributed by atoms with Crippen molar-refractivity contribution < 1.29 is 4.79 Å². The van der Waals surface area contributed by atoms with E-state index in [1.165, 1.54) is 0 Å². The van der Waals surface area contributed by atoms with Crippen molar-refractivity contribution in [1.82, 2.24) is 14.9 Å². The van der Waals surface area contributed by atoms with Crippen LogP contribution in [0.2, 0.25) is 0 Å². The van der Waals surface area contributed by atoms with E-state index in [0.29, 0.717) is 13.1 Å². The molecule has 2 aromatic rings. The van der Waals surface area contributed by atoms with Crippen molar-refractivity contribution >= 4 is 23.3 Å². The summed E-state index contributed by atoms with van der Waals surface area (Å²) in [4.78, 5) is 25.8. The Labute approximate surface area is 153 Å². The summed E-state index contributed by atoms with van der Waals surface area (Å²) in [6.07, 6.45) is 0.720. The summed E-state index contributed by atoms with van der Waals surface area (Å²) in [5.74, 6) is 1.59. The summed E-state index contributed by atoms with van der Waals surface area (Å²) in [5, 5.41) is -0.515. The molecule has 0 N–H and O–H groups in total. The third kappa shape index (κ3) is 3.61. The summed E-state index contributed by atoms with van der Waals surface area (Å²) in [6, 6.07) is 10.0. The molecule has 0 fully saturated rings. The van der Waals surface area contributed by atoms with Crippen molar-refractivity contribution in [2.75, 3.05) is 25.0 Å². The fourth-order valence-corrected chi connectivity index (χ4v) is 3.16. The van der Waals surface area contributed by atoms with Gasteiger partial charge in [0.15, 0.2) is 5.82 Å². The average molecular weight is 359 g/mol. The number of nitrogens with zero attached hydrogens (tertiary/aromatic N) is 4. The summed E-state index contributed by atoms with van der Waals surface area (Å²) in [5.41, 5.74) is 3.06. The third-order valence-electron chi connectivity index (χ3n) is 4.56. The number of aromatic nitrogens is 2. The van der Waals surface area contributed by atoms with Crippen molar-refractivity contribution in [3.8, 4) is 11.4 Å². The quantitative estimate of drug-likeness (QED) is 0.788. The Balaban J connectivity index is 2.04. The SMILES string of the molecule is CCN(C)c1nc(-c2ccccc2)nc2c1CN(C(=O)C(C)Cl)CC2. The Morgan fingerprint density at radius 1 is 1.32 bits per heavy atom. The van der Waals surface area contributed by atoms with Gasteiger partial charge >= 0.3 is 0 Å². The first-order chi connectivity index (χ1) is 12.0. The van der Waals surface area contributed by atoms with Crippen LogP contribution in [0.15, 0.2) is 30.3 Å². The molecule has 1 aromatic carbocycles. The van der Waals surface area contributed by atoms with Crippen molar-refractivity contribution in [2.24, 2.45) is 0 Å². The maximum Gasteiger partial charge on any atom is 0.240 e. The Hall–Kier alpha value is -2.14. The van der Waals surface area contributed by atoms with Gasteiger partial charge in [-0.25, -0.2) is 9.97 Å². The summed E-state index contributed by atoms with van der Waals surface area (Å²) >= 11 is 5.99. The normalized spacial score (nSPS) is 14.8. The highest BCUT2D eigenvalue weighted by molar-refractivity contribution is 6.30. The predicted octanol–water partition coefficient (Wildman–Crippen LogP) is 3.11.